The Hall–Kier alpha value is -1.34. The fourth-order valence-electron chi connectivity index (χ4n) is 2.94. The first-order valence-electron chi connectivity index (χ1n) is 7.37. The molecule has 2 unspecified atom stereocenters. The van der Waals surface area contributed by atoms with Gasteiger partial charge >= 0.3 is 0 Å². The summed E-state index contributed by atoms with van der Waals surface area (Å²) in [6.07, 6.45) is 7.22. The number of H-pyrrole nitrogens is 1. The molecule has 0 aliphatic heterocycles. The number of primary amides is 1. The van der Waals surface area contributed by atoms with Gasteiger partial charge in [-0.2, -0.15) is 0 Å². The van der Waals surface area contributed by atoms with Crippen molar-refractivity contribution < 1.29 is 4.79 Å². The van der Waals surface area contributed by atoms with Crippen LogP contribution in [-0.2, 0) is 4.79 Å². The summed E-state index contributed by atoms with van der Waals surface area (Å²) in [5, 5.41) is 4.30. The number of hydrogen-bond acceptors (Lipinski definition) is 5. The number of nitrogens with one attached hydrogen (secondary N) is 2. The van der Waals surface area contributed by atoms with Gasteiger partial charge in [0, 0.05) is 23.6 Å². The Bertz CT molecular complexity index is 586. The molecule has 0 aromatic carbocycles. The average Bonchev–Trinajstić information content (AvgIpc) is 3.23. The maximum Gasteiger partial charge on any atom is 0.251 e. The molecule has 0 spiro atoms. The van der Waals surface area contributed by atoms with Crippen LogP contribution in [0.1, 0.15) is 38.5 Å². The fraction of sp³-hybridized carbons (Fsp3) is 0.643. The highest BCUT2D eigenvalue weighted by Gasteiger charge is 2.44. The first-order valence-corrected chi connectivity index (χ1v) is 8.25. The van der Waals surface area contributed by atoms with Crippen molar-refractivity contribution in [3.05, 3.63) is 22.6 Å². The second kappa shape index (κ2) is 5.81. The van der Waals surface area contributed by atoms with Crippen molar-refractivity contribution in [2.45, 2.75) is 60.5 Å². The van der Waals surface area contributed by atoms with Gasteiger partial charge in [-0.15, -0.1) is 0 Å². The smallest absolute Gasteiger partial charge is 0.251 e. The van der Waals surface area contributed by atoms with Gasteiger partial charge in [-0.1, -0.05) is 11.8 Å². The molecule has 2 saturated carbocycles. The number of aromatic nitrogens is 2. The zero-order valence-electron chi connectivity index (χ0n) is 11.8. The van der Waals surface area contributed by atoms with Gasteiger partial charge in [-0.3, -0.25) is 9.59 Å². The van der Waals surface area contributed by atoms with E-state index in [1.807, 2.05) is 0 Å². The van der Waals surface area contributed by atoms with Crippen LogP contribution < -0.4 is 16.6 Å². The van der Waals surface area contributed by atoms with Crippen LogP contribution in [0.15, 0.2) is 22.2 Å². The number of carbonyl (C=O) groups excluding carboxylic acids is 1. The van der Waals surface area contributed by atoms with Crippen molar-refractivity contribution in [3.8, 4) is 0 Å². The van der Waals surface area contributed by atoms with E-state index in [2.05, 4.69) is 15.3 Å². The van der Waals surface area contributed by atoms with E-state index in [4.69, 9.17) is 5.73 Å². The quantitative estimate of drug-likeness (QED) is 0.698. The Morgan fingerprint density at radius 2 is 2.29 bits per heavy atom. The molecule has 0 bridgehead atoms. The monoisotopic (exact) mass is 308 g/mol. The molecule has 3 rings (SSSR count). The summed E-state index contributed by atoms with van der Waals surface area (Å²) < 4.78 is 0. The fourth-order valence-corrected chi connectivity index (χ4v) is 4.19. The summed E-state index contributed by atoms with van der Waals surface area (Å²) in [6, 6.07) is 1.84. The van der Waals surface area contributed by atoms with Gasteiger partial charge in [-0.05, 0) is 38.5 Å². The molecule has 4 N–H and O–H groups in total. The number of thioether (sulfide) groups is 1. The minimum atomic E-state index is -0.591. The molecule has 1 heterocycles. The number of hydrogen-bond donors (Lipinski definition) is 3. The van der Waals surface area contributed by atoms with Crippen LogP contribution in [0, 0.1) is 0 Å². The van der Waals surface area contributed by atoms with E-state index in [-0.39, 0.29) is 16.7 Å². The second-order valence-corrected chi connectivity index (χ2v) is 7.23. The van der Waals surface area contributed by atoms with E-state index in [0.717, 1.165) is 32.1 Å². The van der Waals surface area contributed by atoms with Gasteiger partial charge in [0.2, 0.25) is 5.91 Å². The molecular weight excluding hydrogens is 288 g/mol. The van der Waals surface area contributed by atoms with E-state index in [0.29, 0.717) is 17.6 Å². The molecule has 2 atom stereocenters. The van der Waals surface area contributed by atoms with Crippen molar-refractivity contribution in [2.75, 3.05) is 0 Å². The molecule has 6 nitrogen and oxygen atoms in total. The topological polar surface area (TPSA) is 101 Å². The molecule has 1 aromatic rings. The van der Waals surface area contributed by atoms with E-state index < -0.39 is 5.54 Å². The van der Waals surface area contributed by atoms with Gasteiger partial charge in [0.1, 0.15) is 0 Å². The summed E-state index contributed by atoms with van der Waals surface area (Å²) in [5.74, 6) is -0.255. The van der Waals surface area contributed by atoms with Gasteiger partial charge in [0.05, 0.1) is 5.54 Å². The normalized spacial score (nSPS) is 29.2. The molecule has 7 heteroatoms. The Morgan fingerprint density at radius 3 is 2.95 bits per heavy atom. The molecule has 21 heavy (non-hydrogen) atoms. The number of rotatable bonds is 5. The largest absolute Gasteiger partial charge is 0.368 e. The van der Waals surface area contributed by atoms with Gasteiger partial charge in [0.25, 0.3) is 5.56 Å². The first-order chi connectivity index (χ1) is 10.1. The van der Waals surface area contributed by atoms with Gasteiger partial charge in [-0.25, -0.2) is 4.98 Å². The van der Waals surface area contributed by atoms with Crippen LogP contribution in [0.3, 0.4) is 0 Å². The second-order valence-electron chi connectivity index (χ2n) is 5.94. The molecule has 0 saturated heterocycles. The number of aromatic amines is 1. The van der Waals surface area contributed by atoms with Gasteiger partial charge < -0.3 is 16.0 Å². The van der Waals surface area contributed by atoms with Crippen LogP contribution in [0.2, 0.25) is 0 Å². The third-order valence-electron chi connectivity index (χ3n) is 4.16. The number of nitrogens with two attached hydrogens (primary N) is 1. The molecule has 2 aliphatic carbocycles. The summed E-state index contributed by atoms with van der Waals surface area (Å²) in [5.41, 5.74) is 4.93. The van der Waals surface area contributed by atoms with Crippen molar-refractivity contribution in [1.29, 1.82) is 0 Å². The Balaban J connectivity index is 1.71. The molecule has 1 aromatic heterocycles. The zero-order valence-corrected chi connectivity index (χ0v) is 12.6. The minimum absolute atomic E-state index is 0.152. The maximum absolute atomic E-state index is 12.0. The standard InChI is InChI=1S/C14H20N4O2S/c15-12(20)14(18-9-3-4-9)6-1-2-10(8-14)21-13-16-7-5-11(19)17-13/h5,7,9-10,18H,1-4,6,8H2,(H2,15,20)(H,16,17,19). The highest BCUT2D eigenvalue weighted by atomic mass is 32.2. The van der Waals surface area contributed by atoms with E-state index in [9.17, 15) is 9.59 Å². The average molecular weight is 308 g/mol. The lowest BCUT2D eigenvalue weighted by atomic mass is 9.80. The molecule has 0 radical (unpaired) electrons. The summed E-state index contributed by atoms with van der Waals surface area (Å²) in [6.45, 7) is 0. The van der Waals surface area contributed by atoms with Crippen LogP contribution >= 0.6 is 11.8 Å². The Kier molecular flexibility index (Phi) is 4.03. The third kappa shape index (κ3) is 3.47. The lowest BCUT2D eigenvalue weighted by Gasteiger charge is -2.39. The maximum atomic E-state index is 12.0. The highest BCUT2D eigenvalue weighted by Crippen LogP contribution is 2.38. The van der Waals surface area contributed by atoms with Crippen molar-refractivity contribution >= 4 is 17.7 Å². The lowest BCUT2D eigenvalue weighted by Crippen LogP contribution is -2.59. The summed E-state index contributed by atoms with van der Waals surface area (Å²) in [4.78, 5) is 30.2. The highest BCUT2D eigenvalue weighted by molar-refractivity contribution is 7.99. The Morgan fingerprint density at radius 1 is 1.48 bits per heavy atom. The summed E-state index contributed by atoms with van der Waals surface area (Å²) >= 11 is 1.53. The van der Waals surface area contributed by atoms with E-state index in [1.165, 1.54) is 24.0 Å². The minimum Gasteiger partial charge on any atom is -0.368 e. The van der Waals surface area contributed by atoms with Crippen LogP contribution in [0.4, 0.5) is 0 Å². The SMILES string of the molecule is NC(=O)C1(NC2CC2)CCCC(Sc2nccc(=O)[nH]2)C1. The molecule has 1 amide bonds. The molecule has 2 fully saturated rings. The van der Waals surface area contributed by atoms with Crippen molar-refractivity contribution in [1.82, 2.24) is 15.3 Å². The number of carbonyl (C=O) groups is 1. The zero-order chi connectivity index (χ0) is 14.9. The third-order valence-corrected chi connectivity index (χ3v) is 5.33. The van der Waals surface area contributed by atoms with Crippen molar-refractivity contribution in [2.24, 2.45) is 5.73 Å². The van der Waals surface area contributed by atoms with Crippen molar-refractivity contribution in [3.63, 3.8) is 0 Å². The van der Waals surface area contributed by atoms with Gasteiger partial charge in [0.15, 0.2) is 5.16 Å². The number of amides is 1. The number of nitrogens with zero attached hydrogens (tertiary/aromatic N) is 1. The van der Waals surface area contributed by atoms with E-state index >= 15 is 0 Å². The van der Waals surface area contributed by atoms with Crippen LogP contribution in [0.25, 0.3) is 0 Å². The first kappa shape index (κ1) is 14.6. The van der Waals surface area contributed by atoms with Crippen LogP contribution in [0.5, 0.6) is 0 Å². The van der Waals surface area contributed by atoms with E-state index in [1.54, 1.807) is 0 Å². The molecule has 2 aliphatic rings. The molecule has 114 valence electrons. The predicted octanol–water partition coefficient (Wildman–Crippen LogP) is 0.781. The predicted molar refractivity (Wildman–Crippen MR) is 81.1 cm³/mol. The van der Waals surface area contributed by atoms with Crippen LogP contribution in [-0.4, -0.2) is 32.7 Å². The Labute approximate surface area is 127 Å². The lowest BCUT2D eigenvalue weighted by molar-refractivity contribution is -0.125. The molecular formula is C14H20N4O2S. The summed E-state index contributed by atoms with van der Waals surface area (Å²) in [7, 11) is 0.